The first kappa shape index (κ1) is 16.9. The van der Waals surface area contributed by atoms with Crippen molar-refractivity contribution in [3.63, 3.8) is 0 Å². The summed E-state index contributed by atoms with van der Waals surface area (Å²) < 4.78 is 5.20. The Kier molecular flexibility index (Phi) is 6.74. The van der Waals surface area contributed by atoms with Gasteiger partial charge in [0.25, 0.3) is 0 Å². The lowest BCUT2D eigenvalue weighted by molar-refractivity contribution is 0.0705. The highest BCUT2D eigenvalue weighted by Crippen LogP contribution is 2.26. The van der Waals surface area contributed by atoms with E-state index in [2.05, 4.69) is 37.9 Å². The van der Waals surface area contributed by atoms with Crippen LogP contribution in [0.4, 0.5) is 0 Å². The second kappa shape index (κ2) is 7.58. The molecule has 0 bridgehead atoms. The van der Waals surface area contributed by atoms with Crippen LogP contribution in [0.25, 0.3) is 0 Å². The molecule has 0 aromatic rings. The van der Waals surface area contributed by atoms with Gasteiger partial charge in [-0.05, 0) is 47.0 Å². The Morgan fingerprint density at radius 3 is 2.42 bits per heavy atom. The van der Waals surface area contributed by atoms with Gasteiger partial charge < -0.3 is 15.2 Å². The van der Waals surface area contributed by atoms with Crippen molar-refractivity contribution in [2.45, 2.75) is 70.6 Å². The van der Waals surface area contributed by atoms with Crippen LogP contribution in [0.5, 0.6) is 0 Å². The van der Waals surface area contributed by atoms with E-state index in [9.17, 15) is 5.11 Å². The number of rotatable bonds is 10. The smallest absolute Gasteiger partial charge is 0.0611 e. The Bertz CT molecular complexity index is 257. The van der Waals surface area contributed by atoms with Gasteiger partial charge in [-0.15, -0.1) is 0 Å². The molecule has 1 rings (SSSR count). The van der Waals surface area contributed by atoms with Crippen molar-refractivity contribution in [3.05, 3.63) is 0 Å². The van der Waals surface area contributed by atoms with Crippen LogP contribution < -0.4 is 5.32 Å². The molecule has 1 aliphatic rings. The van der Waals surface area contributed by atoms with Gasteiger partial charge in [0, 0.05) is 37.3 Å². The highest BCUT2D eigenvalue weighted by Gasteiger charge is 2.34. The molecule has 0 aromatic carbocycles. The molecule has 4 heteroatoms. The van der Waals surface area contributed by atoms with Crippen molar-refractivity contribution in [2.24, 2.45) is 0 Å². The fourth-order valence-corrected chi connectivity index (χ4v) is 2.84. The maximum Gasteiger partial charge on any atom is 0.0611 e. The molecule has 1 fully saturated rings. The van der Waals surface area contributed by atoms with E-state index < -0.39 is 0 Å². The number of hydrogen-bond donors (Lipinski definition) is 2. The first-order chi connectivity index (χ1) is 8.91. The van der Waals surface area contributed by atoms with Gasteiger partial charge in [0.05, 0.1) is 13.2 Å². The zero-order valence-corrected chi connectivity index (χ0v) is 13.3. The summed E-state index contributed by atoms with van der Waals surface area (Å²) in [5.41, 5.74) is -0.166. The molecule has 0 aromatic heterocycles. The van der Waals surface area contributed by atoms with Crippen molar-refractivity contribution >= 4 is 0 Å². The average Bonchev–Trinajstić information content (AvgIpc) is 3.12. The third-order valence-corrected chi connectivity index (χ3v) is 4.01. The molecule has 0 heterocycles. The first-order valence-electron chi connectivity index (χ1n) is 7.55. The normalized spacial score (nSPS) is 20.8. The second-order valence-corrected chi connectivity index (χ2v) is 6.51. The van der Waals surface area contributed by atoms with Crippen molar-refractivity contribution in [1.82, 2.24) is 10.2 Å². The van der Waals surface area contributed by atoms with Crippen LogP contribution in [0.15, 0.2) is 0 Å². The summed E-state index contributed by atoms with van der Waals surface area (Å²) >= 11 is 0. The van der Waals surface area contributed by atoms with E-state index in [0.29, 0.717) is 18.1 Å². The summed E-state index contributed by atoms with van der Waals surface area (Å²) in [5, 5.41) is 13.3. The Morgan fingerprint density at radius 1 is 1.37 bits per heavy atom. The number of ether oxygens (including phenoxy) is 1. The molecule has 114 valence electrons. The number of methoxy groups -OCH3 is 1. The highest BCUT2D eigenvalue weighted by molar-refractivity contribution is 4.94. The monoisotopic (exact) mass is 272 g/mol. The molecule has 2 atom stereocenters. The third kappa shape index (κ3) is 5.78. The number of nitrogens with zero attached hydrogens (tertiary/aromatic N) is 1. The van der Waals surface area contributed by atoms with Gasteiger partial charge in [-0.25, -0.2) is 0 Å². The minimum atomic E-state index is -0.166. The van der Waals surface area contributed by atoms with Crippen LogP contribution in [-0.4, -0.2) is 60.5 Å². The molecule has 4 nitrogen and oxygen atoms in total. The van der Waals surface area contributed by atoms with E-state index in [-0.39, 0.29) is 12.1 Å². The Hall–Kier alpha value is -0.160. The topological polar surface area (TPSA) is 44.7 Å². The van der Waals surface area contributed by atoms with Gasteiger partial charge in [-0.1, -0.05) is 0 Å². The van der Waals surface area contributed by atoms with Gasteiger partial charge in [0.15, 0.2) is 0 Å². The molecular formula is C15H32N2O2. The van der Waals surface area contributed by atoms with Crippen LogP contribution in [0.3, 0.4) is 0 Å². The Labute approximate surface area is 118 Å². The molecule has 1 aliphatic carbocycles. The summed E-state index contributed by atoms with van der Waals surface area (Å²) in [6.45, 7) is 10.7. The molecule has 0 aliphatic heterocycles. The first-order valence-corrected chi connectivity index (χ1v) is 7.55. The van der Waals surface area contributed by atoms with Crippen molar-refractivity contribution in [2.75, 3.05) is 26.9 Å². The molecule has 0 saturated heterocycles. The second-order valence-electron chi connectivity index (χ2n) is 6.51. The number of aliphatic hydroxyl groups is 1. The summed E-state index contributed by atoms with van der Waals surface area (Å²) in [5.74, 6) is 0. The van der Waals surface area contributed by atoms with Crippen LogP contribution in [0, 0.1) is 0 Å². The molecule has 0 amide bonds. The summed E-state index contributed by atoms with van der Waals surface area (Å²) in [6, 6.07) is 1.54. The molecular weight excluding hydrogens is 240 g/mol. The van der Waals surface area contributed by atoms with Crippen LogP contribution in [0.2, 0.25) is 0 Å². The fourth-order valence-electron chi connectivity index (χ4n) is 2.84. The van der Waals surface area contributed by atoms with Gasteiger partial charge in [0.1, 0.15) is 0 Å². The molecule has 1 saturated carbocycles. The molecule has 2 N–H and O–H groups in total. The van der Waals surface area contributed by atoms with E-state index >= 15 is 0 Å². The van der Waals surface area contributed by atoms with E-state index in [1.54, 1.807) is 7.11 Å². The molecule has 19 heavy (non-hydrogen) atoms. The van der Waals surface area contributed by atoms with Crippen molar-refractivity contribution in [1.29, 1.82) is 0 Å². The van der Waals surface area contributed by atoms with Gasteiger partial charge in [-0.2, -0.15) is 0 Å². The predicted octanol–water partition coefficient (Wildman–Crippen LogP) is 1.62. The average molecular weight is 272 g/mol. The summed E-state index contributed by atoms with van der Waals surface area (Å²) in [6.07, 6.45) is 3.46. The predicted molar refractivity (Wildman–Crippen MR) is 79.4 cm³/mol. The lowest BCUT2D eigenvalue weighted by Gasteiger charge is -2.39. The van der Waals surface area contributed by atoms with Crippen molar-refractivity contribution < 1.29 is 9.84 Å². The minimum absolute atomic E-state index is 0.166. The van der Waals surface area contributed by atoms with E-state index in [0.717, 1.165) is 19.6 Å². The SMILES string of the molecule is COCCN(C(C)C)C(C)CC(C)(CO)NC1CC1. The summed E-state index contributed by atoms with van der Waals surface area (Å²) in [4.78, 5) is 2.45. The zero-order valence-electron chi connectivity index (χ0n) is 13.3. The maximum atomic E-state index is 9.70. The number of hydrogen-bond acceptors (Lipinski definition) is 4. The fraction of sp³-hybridized carbons (Fsp3) is 1.00. The lowest BCUT2D eigenvalue weighted by Crippen LogP contribution is -2.52. The lowest BCUT2D eigenvalue weighted by atomic mass is 9.93. The Balaban J connectivity index is 2.53. The van der Waals surface area contributed by atoms with Crippen LogP contribution in [-0.2, 0) is 4.74 Å². The quantitative estimate of drug-likeness (QED) is 0.634. The number of aliphatic hydroxyl groups excluding tert-OH is 1. The summed E-state index contributed by atoms with van der Waals surface area (Å²) in [7, 11) is 1.75. The zero-order chi connectivity index (χ0) is 14.5. The van der Waals surface area contributed by atoms with Crippen molar-refractivity contribution in [3.8, 4) is 0 Å². The van der Waals surface area contributed by atoms with E-state index in [1.807, 2.05) is 0 Å². The van der Waals surface area contributed by atoms with Gasteiger partial charge >= 0.3 is 0 Å². The number of nitrogens with one attached hydrogen (secondary N) is 1. The van der Waals surface area contributed by atoms with Gasteiger partial charge in [-0.3, -0.25) is 4.90 Å². The Morgan fingerprint density at radius 2 is 2.00 bits per heavy atom. The maximum absolute atomic E-state index is 9.70. The van der Waals surface area contributed by atoms with Crippen LogP contribution >= 0.6 is 0 Å². The molecule has 0 radical (unpaired) electrons. The van der Waals surface area contributed by atoms with E-state index in [4.69, 9.17) is 4.74 Å². The third-order valence-electron chi connectivity index (χ3n) is 4.01. The standard InChI is InChI=1S/C15H32N2O2/c1-12(2)17(8-9-19-5)13(3)10-15(4,11-18)16-14-6-7-14/h12-14,16,18H,6-11H2,1-5H3. The molecule has 2 unspecified atom stereocenters. The van der Waals surface area contributed by atoms with Crippen LogP contribution in [0.1, 0.15) is 47.0 Å². The highest BCUT2D eigenvalue weighted by atomic mass is 16.5. The minimum Gasteiger partial charge on any atom is -0.394 e. The van der Waals surface area contributed by atoms with E-state index in [1.165, 1.54) is 12.8 Å². The molecule has 0 spiro atoms. The van der Waals surface area contributed by atoms with Gasteiger partial charge in [0.2, 0.25) is 0 Å². The largest absolute Gasteiger partial charge is 0.394 e.